The van der Waals surface area contributed by atoms with Crippen LogP contribution in [0.5, 0.6) is 0 Å². The molecule has 1 atom stereocenters. The Bertz CT molecular complexity index is 562. The van der Waals surface area contributed by atoms with Crippen molar-refractivity contribution in [2.24, 2.45) is 5.92 Å². The fourth-order valence-electron chi connectivity index (χ4n) is 2.80. The molecule has 1 aliphatic rings. The Labute approximate surface area is 137 Å². The molecule has 0 fully saturated rings. The van der Waals surface area contributed by atoms with E-state index in [1.165, 1.54) is 0 Å². The Kier molecular flexibility index (Phi) is 5.05. The van der Waals surface area contributed by atoms with E-state index in [1.807, 2.05) is 21.1 Å². The number of thioether (sulfide) groups is 1. The van der Waals surface area contributed by atoms with Crippen LogP contribution in [0.25, 0.3) is 0 Å². The van der Waals surface area contributed by atoms with Crippen LogP contribution in [0.1, 0.15) is 62.5 Å². The van der Waals surface area contributed by atoms with Crippen LogP contribution in [-0.4, -0.2) is 32.7 Å². The van der Waals surface area contributed by atoms with Gasteiger partial charge in [0.2, 0.25) is 0 Å². The van der Waals surface area contributed by atoms with Gasteiger partial charge in [-0.1, -0.05) is 20.4 Å². The summed E-state index contributed by atoms with van der Waals surface area (Å²) >= 11 is 1.63. The molecule has 1 aromatic rings. The van der Waals surface area contributed by atoms with E-state index in [1.54, 1.807) is 11.8 Å². The SMILES string of the molecule is C=CSC(C)c1cc2n(n1)CC(C)(C)N(CCC(C)C)C2=O. The fourth-order valence-corrected chi connectivity index (χ4v) is 3.34. The van der Waals surface area contributed by atoms with Gasteiger partial charge in [-0.05, 0) is 44.6 Å². The lowest BCUT2D eigenvalue weighted by Crippen LogP contribution is -2.55. The van der Waals surface area contributed by atoms with E-state index in [-0.39, 0.29) is 16.7 Å². The van der Waals surface area contributed by atoms with Gasteiger partial charge in [0.15, 0.2) is 0 Å². The first-order chi connectivity index (χ1) is 10.3. The highest BCUT2D eigenvalue weighted by molar-refractivity contribution is 8.02. The fraction of sp³-hybridized carbons (Fsp3) is 0.647. The molecule has 0 spiro atoms. The molecule has 0 aromatic carbocycles. The molecule has 0 bridgehead atoms. The van der Waals surface area contributed by atoms with Crippen molar-refractivity contribution in [1.29, 1.82) is 0 Å². The van der Waals surface area contributed by atoms with E-state index in [0.717, 1.165) is 30.9 Å². The first kappa shape index (κ1) is 17.1. The van der Waals surface area contributed by atoms with Crippen molar-refractivity contribution in [2.75, 3.05) is 6.54 Å². The lowest BCUT2D eigenvalue weighted by Gasteiger charge is -2.42. The number of nitrogens with zero attached hydrogens (tertiary/aromatic N) is 3. The molecule has 0 aliphatic carbocycles. The van der Waals surface area contributed by atoms with Crippen molar-refractivity contribution < 1.29 is 4.79 Å². The minimum absolute atomic E-state index is 0.103. The molecule has 0 N–H and O–H groups in total. The molecule has 22 heavy (non-hydrogen) atoms. The summed E-state index contributed by atoms with van der Waals surface area (Å²) in [5, 5.41) is 6.69. The number of rotatable bonds is 6. The van der Waals surface area contributed by atoms with Gasteiger partial charge in [-0.3, -0.25) is 9.48 Å². The molecule has 1 aliphatic heterocycles. The topological polar surface area (TPSA) is 38.1 Å². The van der Waals surface area contributed by atoms with Gasteiger partial charge in [-0.2, -0.15) is 5.10 Å². The first-order valence-electron chi connectivity index (χ1n) is 7.92. The highest BCUT2D eigenvalue weighted by atomic mass is 32.2. The standard InChI is InChI=1S/C17H27N3OS/c1-7-22-13(4)14-10-15-16(21)19(9-8-12(2)3)17(5,6)11-20(15)18-14/h7,10,12-13H,1,8-9,11H2,2-6H3. The van der Waals surface area contributed by atoms with Crippen molar-refractivity contribution in [3.63, 3.8) is 0 Å². The average molecular weight is 321 g/mol. The molecule has 1 unspecified atom stereocenters. The zero-order valence-electron chi connectivity index (χ0n) is 14.3. The second-order valence-electron chi connectivity index (χ2n) is 7.01. The molecule has 2 rings (SSSR count). The van der Waals surface area contributed by atoms with Gasteiger partial charge >= 0.3 is 0 Å². The zero-order valence-corrected chi connectivity index (χ0v) is 15.1. The second-order valence-corrected chi connectivity index (χ2v) is 8.32. The van der Waals surface area contributed by atoms with E-state index >= 15 is 0 Å². The van der Waals surface area contributed by atoms with E-state index in [4.69, 9.17) is 0 Å². The van der Waals surface area contributed by atoms with Crippen molar-refractivity contribution >= 4 is 17.7 Å². The highest BCUT2D eigenvalue weighted by Gasteiger charge is 2.39. The average Bonchev–Trinajstić information content (AvgIpc) is 2.81. The maximum absolute atomic E-state index is 12.9. The number of hydrogen-bond acceptors (Lipinski definition) is 3. The van der Waals surface area contributed by atoms with Crippen LogP contribution < -0.4 is 0 Å². The van der Waals surface area contributed by atoms with Gasteiger partial charge in [0.05, 0.1) is 23.0 Å². The highest BCUT2D eigenvalue weighted by Crippen LogP contribution is 2.32. The molecular weight excluding hydrogens is 294 g/mol. The number of hydrogen-bond donors (Lipinski definition) is 0. The van der Waals surface area contributed by atoms with Gasteiger partial charge < -0.3 is 4.90 Å². The number of aromatic nitrogens is 2. The Morgan fingerprint density at radius 1 is 1.45 bits per heavy atom. The maximum atomic E-state index is 12.9. The van der Waals surface area contributed by atoms with Crippen LogP contribution in [0.4, 0.5) is 0 Å². The molecule has 2 heterocycles. The van der Waals surface area contributed by atoms with Crippen molar-refractivity contribution in [3.8, 4) is 0 Å². The third kappa shape index (κ3) is 3.40. The van der Waals surface area contributed by atoms with Crippen LogP contribution in [0.2, 0.25) is 0 Å². The molecule has 122 valence electrons. The maximum Gasteiger partial charge on any atom is 0.272 e. The molecule has 0 saturated carbocycles. The summed E-state index contributed by atoms with van der Waals surface area (Å²) in [7, 11) is 0. The zero-order chi connectivity index (χ0) is 16.5. The van der Waals surface area contributed by atoms with Gasteiger partial charge in [0, 0.05) is 6.54 Å². The van der Waals surface area contributed by atoms with E-state index in [2.05, 4.69) is 46.3 Å². The van der Waals surface area contributed by atoms with Crippen LogP contribution >= 0.6 is 11.8 Å². The molecular formula is C17H27N3OS. The summed E-state index contributed by atoms with van der Waals surface area (Å²) in [5.74, 6) is 0.696. The minimum Gasteiger partial charge on any atom is -0.330 e. The van der Waals surface area contributed by atoms with Crippen molar-refractivity contribution in [2.45, 2.75) is 58.4 Å². The third-order valence-corrected chi connectivity index (χ3v) is 5.02. The Morgan fingerprint density at radius 3 is 2.73 bits per heavy atom. The quantitative estimate of drug-likeness (QED) is 0.791. The van der Waals surface area contributed by atoms with Gasteiger partial charge in [0.1, 0.15) is 5.69 Å². The molecule has 5 heteroatoms. The first-order valence-corrected chi connectivity index (χ1v) is 8.86. The minimum atomic E-state index is -0.197. The lowest BCUT2D eigenvalue weighted by atomic mass is 9.97. The summed E-state index contributed by atoms with van der Waals surface area (Å²) < 4.78 is 1.88. The van der Waals surface area contributed by atoms with Crippen molar-refractivity contribution in [3.05, 3.63) is 29.4 Å². The van der Waals surface area contributed by atoms with E-state index in [9.17, 15) is 4.79 Å². The van der Waals surface area contributed by atoms with Crippen LogP contribution in [0, 0.1) is 5.92 Å². The largest absolute Gasteiger partial charge is 0.330 e. The summed E-state index contributed by atoms with van der Waals surface area (Å²) in [5.41, 5.74) is 1.47. The Hall–Kier alpha value is -1.23. The van der Waals surface area contributed by atoms with E-state index in [0.29, 0.717) is 5.92 Å². The molecule has 0 saturated heterocycles. The molecule has 0 radical (unpaired) electrons. The number of carbonyl (C=O) groups excluding carboxylic acids is 1. The Morgan fingerprint density at radius 2 is 2.14 bits per heavy atom. The predicted molar refractivity (Wildman–Crippen MR) is 93.0 cm³/mol. The monoisotopic (exact) mass is 321 g/mol. The number of fused-ring (bicyclic) bond motifs is 1. The van der Waals surface area contributed by atoms with Crippen LogP contribution in [-0.2, 0) is 6.54 Å². The van der Waals surface area contributed by atoms with Crippen molar-refractivity contribution in [1.82, 2.24) is 14.7 Å². The van der Waals surface area contributed by atoms with Gasteiger partial charge in [0.25, 0.3) is 5.91 Å². The summed E-state index contributed by atoms with van der Waals surface area (Å²) in [6.45, 7) is 16.0. The summed E-state index contributed by atoms with van der Waals surface area (Å²) in [4.78, 5) is 14.9. The van der Waals surface area contributed by atoms with E-state index < -0.39 is 0 Å². The number of carbonyl (C=O) groups is 1. The van der Waals surface area contributed by atoms with Gasteiger partial charge in [-0.15, -0.1) is 11.8 Å². The number of amides is 1. The smallest absolute Gasteiger partial charge is 0.272 e. The summed E-state index contributed by atoms with van der Waals surface area (Å²) in [6.07, 6.45) is 1.03. The predicted octanol–water partition coefficient (Wildman–Crippen LogP) is 4.10. The Balaban J connectivity index is 2.28. The normalized spacial score (nSPS) is 18.5. The summed E-state index contributed by atoms with van der Waals surface area (Å²) in [6, 6.07) is 1.95. The van der Waals surface area contributed by atoms with Crippen LogP contribution in [0.3, 0.4) is 0 Å². The van der Waals surface area contributed by atoms with Crippen LogP contribution in [0.15, 0.2) is 18.1 Å². The van der Waals surface area contributed by atoms with Gasteiger partial charge in [-0.25, -0.2) is 0 Å². The second kappa shape index (κ2) is 6.49. The molecule has 1 amide bonds. The lowest BCUT2D eigenvalue weighted by molar-refractivity contribution is 0.0383. The third-order valence-electron chi connectivity index (χ3n) is 4.18. The molecule has 4 nitrogen and oxygen atoms in total. The molecule has 1 aromatic heterocycles.